The zero-order valence-electron chi connectivity index (χ0n) is 29.3. The monoisotopic (exact) mass is 746 g/mol. The lowest BCUT2D eigenvalue weighted by Gasteiger charge is -2.36. The van der Waals surface area contributed by atoms with E-state index in [1.54, 1.807) is 17.2 Å². The van der Waals surface area contributed by atoms with Gasteiger partial charge in [0.05, 0.1) is 18.4 Å². The van der Waals surface area contributed by atoms with Crippen LogP contribution in [0.2, 0.25) is 0 Å². The zero-order chi connectivity index (χ0) is 38.1. The van der Waals surface area contributed by atoms with E-state index in [4.69, 9.17) is 4.74 Å². The number of carbonyl (C=O) groups is 5. The Balaban J connectivity index is 0.906. The van der Waals surface area contributed by atoms with Gasteiger partial charge in [-0.3, -0.25) is 29.3 Å². The summed E-state index contributed by atoms with van der Waals surface area (Å²) in [5, 5.41) is 18.4. The third kappa shape index (κ3) is 7.57. The number of ether oxygens (including phenoxy) is 1. The zero-order valence-corrected chi connectivity index (χ0v) is 29.3. The van der Waals surface area contributed by atoms with Gasteiger partial charge in [-0.2, -0.15) is 5.10 Å². The number of carbonyl (C=O) groups excluding carboxylic acids is 5. The summed E-state index contributed by atoms with van der Waals surface area (Å²) in [6, 6.07) is 17.4. The van der Waals surface area contributed by atoms with Crippen molar-refractivity contribution in [2.24, 2.45) is 0 Å². The van der Waals surface area contributed by atoms with Crippen molar-refractivity contribution in [1.29, 1.82) is 0 Å². The molecule has 5 amide bonds. The number of benzene rings is 3. The van der Waals surface area contributed by atoms with Gasteiger partial charge >= 0.3 is 0 Å². The Bertz CT molecular complexity index is 2340. The van der Waals surface area contributed by atoms with E-state index in [1.165, 1.54) is 47.1 Å². The van der Waals surface area contributed by atoms with Crippen LogP contribution < -0.4 is 36.2 Å². The quantitative estimate of drug-likeness (QED) is 0.161. The van der Waals surface area contributed by atoms with Gasteiger partial charge in [-0.25, -0.2) is 13.9 Å². The minimum absolute atomic E-state index is 0.124. The lowest BCUT2D eigenvalue weighted by molar-refractivity contribution is -0.134. The molecule has 17 heteroatoms. The molecule has 2 bridgehead atoms. The molecule has 16 nitrogen and oxygen atoms in total. The van der Waals surface area contributed by atoms with Crippen molar-refractivity contribution < 1.29 is 33.1 Å². The Morgan fingerprint density at radius 1 is 0.927 bits per heavy atom. The van der Waals surface area contributed by atoms with E-state index >= 15 is 0 Å². The summed E-state index contributed by atoms with van der Waals surface area (Å²) >= 11 is 0. The highest BCUT2D eigenvalue weighted by Gasteiger charge is 2.27. The van der Waals surface area contributed by atoms with Crippen molar-refractivity contribution in [3.05, 3.63) is 102 Å². The van der Waals surface area contributed by atoms with E-state index < -0.39 is 23.7 Å². The minimum Gasteiger partial charge on any atom is -0.455 e. The van der Waals surface area contributed by atoms with E-state index in [1.807, 2.05) is 24.3 Å². The second-order valence-corrected chi connectivity index (χ2v) is 13.3. The Morgan fingerprint density at radius 2 is 1.75 bits per heavy atom. The number of nitrogens with one attached hydrogen (secondary N) is 5. The number of imide groups is 1. The van der Waals surface area contributed by atoms with Gasteiger partial charge in [0, 0.05) is 67.8 Å². The third-order valence-electron chi connectivity index (χ3n) is 9.65. The van der Waals surface area contributed by atoms with Crippen LogP contribution in [0, 0.1) is 5.82 Å². The van der Waals surface area contributed by atoms with E-state index in [0.717, 1.165) is 11.4 Å². The van der Waals surface area contributed by atoms with E-state index in [2.05, 4.69) is 41.6 Å². The van der Waals surface area contributed by atoms with Crippen LogP contribution >= 0.6 is 0 Å². The number of anilines is 4. The van der Waals surface area contributed by atoms with Crippen molar-refractivity contribution >= 4 is 58.1 Å². The molecule has 0 spiro atoms. The first-order valence-electron chi connectivity index (χ1n) is 17.7. The van der Waals surface area contributed by atoms with Crippen molar-refractivity contribution in [1.82, 2.24) is 30.1 Å². The number of piperidine rings is 1. The number of nitrogens with zero attached hydrogens (tertiary/aromatic N) is 5. The predicted octanol–water partition coefficient (Wildman–Crippen LogP) is 3.13. The Labute approximate surface area is 313 Å². The maximum Gasteiger partial charge on any atom is 0.261 e. The number of piperazine rings is 1. The normalized spacial score (nSPS) is 17.0. The molecular weight excluding hydrogens is 711 g/mol. The van der Waals surface area contributed by atoms with Crippen LogP contribution in [0.25, 0.3) is 5.65 Å². The molecule has 5 heterocycles. The average Bonchev–Trinajstić information content (AvgIpc) is 3.62. The number of aromatic nitrogens is 3. The number of rotatable bonds is 6. The summed E-state index contributed by atoms with van der Waals surface area (Å²) in [6.45, 7) is 1.99. The fourth-order valence-corrected chi connectivity index (χ4v) is 6.64. The highest BCUT2D eigenvalue weighted by Crippen LogP contribution is 2.34. The topological polar surface area (TPSA) is 191 Å². The highest BCUT2D eigenvalue weighted by molar-refractivity contribution is 6.09. The molecule has 2 aromatic heterocycles. The first-order chi connectivity index (χ1) is 26.7. The summed E-state index contributed by atoms with van der Waals surface area (Å²) in [4.78, 5) is 71.8. The maximum atomic E-state index is 14.4. The fourth-order valence-electron chi connectivity index (χ4n) is 6.64. The Hall–Kier alpha value is -7.04. The van der Waals surface area contributed by atoms with Crippen molar-refractivity contribution in [2.45, 2.75) is 25.4 Å². The Kier molecular flexibility index (Phi) is 9.40. The van der Waals surface area contributed by atoms with Gasteiger partial charge in [0.2, 0.25) is 17.7 Å². The number of hydrogen-bond acceptors (Lipinski definition) is 11. The van der Waals surface area contributed by atoms with Crippen LogP contribution in [0.15, 0.2) is 79.1 Å². The molecule has 55 heavy (non-hydrogen) atoms. The summed E-state index contributed by atoms with van der Waals surface area (Å²) in [6.07, 6.45) is 3.78. The lowest BCUT2D eigenvalue weighted by Crippen LogP contribution is -2.51. The standard InChI is InChI=1S/C38H35FN10O6/c39-24-2-9-30-23(17-24)19-40-32-11-12-49-35(45-32)27(20-42-49)37(53)44-28-7-1-22(18-31(28)55-30)36(52)41-21-34(51)48-15-13-47(14-16-48)26-5-3-25(4-6-26)43-29-8-10-33(50)46-38(29)54/h1-7,9,11-12,17-18,20,29,43H,8,10,13-16,19,21H2,(H,40,45)(H,41,52)(H,44,53)(H,46,50,54). The summed E-state index contributed by atoms with van der Waals surface area (Å²) in [7, 11) is 0. The Morgan fingerprint density at radius 3 is 2.55 bits per heavy atom. The van der Waals surface area contributed by atoms with Crippen LogP contribution in [-0.2, 0) is 20.9 Å². The molecule has 0 saturated carbocycles. The van der Waals surface area contributed by atoms with Crippen molar-refractivity contribution in [3.8, 4) is 11.5 Å². The predicted molar refractivity (Wildman–Crippen MR) is 199 cm³/mol. The number of amides is 5. The van der Waals surface area contributed by atoms with Crippen LogP contribution in [0.3, 0.4) is 0 Å². The molecule has 3 aromatic carbocycles. The van der Waals surface area contributed by atoms with Crippen molar-refractivity contribution in [2.75, 3.05) is 53.6 Å². The van der Waals surface area contributed by atoms with Crippen molar-refractivity contribution in [3.63, 3.8) is 0 Å². The molecule has 0 aliphatic carbocycles. The number of hydrogen-bond donors (Lipinski definition) is 5. The molecule has 2 fully saturated rings. The molecule has 5 aromatic rings. The fraction of sp³-hybridized carbons (Fsp3) is 0.237. The van der Waals surface area contributed by atoms with E-state index in [-0.39, 0.29) is 53.4 Å². The van der Waals surface area contributed by atoms with Crippen LogP contribution in [0.1, 0.15) is 39.1 Å². The second kappa shape index (κ2) is 14.8. The number of halogens is 1. The molecule has 1 atom stereocenters. The molecule has 2 saturated heterocycles. The molecular formula is C38H35FN10O6. The van der Waals surface area contributed by atoms with Gasteiger partial charge in [0.25, 0.3) is 11.8 Å². The first-order valence-corrected chi connectivity index (χ1v) is 17.7. The SMILES string of the molecule is O=C1CCC(Nc2ccc(N3CCN(C(=O)CNC(=O)c4ccc5c(c4)Oc4ccc(F)cc4CNc4ccn6ncc(c6n4)C(=O)N5)CC3)cc2)C(=O)N1. The first kappa shape index (κ1) is 35.0. The average molecular weight is 747 g/mol. The third-order valence-corrected chi connectivity index (χ3v) is 9.65. The highest BCUT2D eigenvalue weighted by atomic mass is 19.1. The van der Waals surface area contributed by atoms with Gasteiger partial charge < -0.3 is 35.8 Å². The molecule has 3 aliphatic heterocycles. The summed E-state index contributed by atoms with van der Waals surface area (Å²) < 4.78 is 22.0. The van der Waals surface area contributed by atoms with Crippen LogP contribution in [0.4, 0.5) is 27.3 Å². The van der Waals surface area contributed by atoms with Gasteiger partial charge in [0.15, 0.2) is 11.4 Å². The smallest absolute Gasteiger partial charge is 0.261 e. The lowest BCUT2D eigenvalue weighted by atomic mass is 10.1. The van der Waals surface area contributed by atoms with E-state index in [9.17, 15) is 28.4 Å². The summed E-state index contributed by atoms with van der Waals surface area (Å²) in [5.41, 5.74) is 3.13. The molecule has 5 N–H and O–H groups in total. The second-order valence-electron chi connectivity index (χ2n) is 13.3. The molecule has 280 valence electrons. The minimum atomic E-state index is -0.529. The molecule has 8 rings (SSSR count). The largest absolute Gasteiger partial charge is 0.455 e. The van der Waals surface area contributed by atoms with Gasteiger partial charge in [-0.15, -0.1) is 0 Å². The van der Waals surface area contributed by atoms with Gasteiger partial charge in [-0.1, -0.05) is 0 Å². The maximum absolute atomic E-state index is 14.4. The summed E-state index contributed by atoms with van der Waals surface area (Å²) in [5.74, 6) is -1.49. The molecule has 1 unspecified atom stereocenters. The van der Waals surface area contributed by atoms with Gasteiger partial charge in [-0.05, 0) is 73.2 Å². The molecule has 0 radical (unpaired) electrons. The van der Waals surface area contributed by atoms with Gasteiger partial charge in [0.1, 0.15) is 29.0 Å². The molecule has 3 aliphatic rings. The number of fused-ring (bicyclic) bond motifs is 3. The van der Waals surface area contributed by atoms with E-state index in [0.29, 0.717) is 61.8 Å². The van der Waals surface area contributed by atoms with Crippen LogP contribution in [-0.4, -0.2) is 87.8 Å². The van der Waals surface area contributed by atoms with Crippen LogP contribution in [0.5, 0.6) is 11.5 Å².